The molecule has 1 heterocycles. The van der Waals surface area contributed by atoms with Crippen LogP contribution in [0.5, 0.6) is 0 Å². The van der Waals surface area contributed by atoms with Crippen LogP contribution in [0.15, 0.2) is 0 Å². The van der Waals surface area contributed by atoms with Crippen LogP contribution in [0.3, 0.4) is 0 Å². The van der Waals surface area contributed by atoms with Crippen LogP contribution in [0.1, 0.15) is 20.8 Å². The van der Waals surface area contributed by atoms with Gasteiger partial charge in [-0.1, -0.05) is 0 Å². The molecule has 5 nitrogen and oxygen atoms in total. The van der Waals surface area contributed by atoms with Crippen molar-refractivity contribution < 1.29 is 19.0 Å². The first kappa shape index (κ1) is 13.4. The van der Waals surface area contributed by atoms with Gasteiger partial charge in [-0.3, -0.25) is 5.32 Å². The molecule has 0 radical (unpaired) electrons. The number of esters is 1. The number of rotatable bonds is 6. The minimum absolute atomic E-state index is 0.109. The summed E-state index contributed by atoms with van der Waals surface area (Å²) in [5.74, 6) is -0.304. The molecule has 1 N–H and O–H groups in total. The first-order chi connectivity index (χ1) is 7.48. The molecule has 1 saturated heterocycles. The zero-order valence-corrected chi connectivity index (χ0v) is 10.4. The molecule has 1 fully saturated rings. The molecule has 0 spiro atoms. The summed E-state index contributed by atoms with van der Waals surface area (Å²) in [5.41, 5.74) is -0.793. The number of methoxy groups -OCH3 is 1. The zero-order chi connectivity index (χ0) is 12.2. The Bertz CT molecular complexity index is 240. The van der Waals surface area contributed by atoms with E-state index in [1.807, 2.05) is 13.8 Å². The molecule has 0 aromatic rings. The second-order valence-electron chi connectivity index (χ2n) is 4.59. The predicted molar refractivity (Wildman–Crippen MR) is 59.3 cm³/mol. The Kier molecular flexibility index (Phi) is 4.70. The number of nitrogens with one attached hydrogen (secondary N) is 1. The summed E-state index contributed by atoms with van der Waals surface area (Å²) in [5, 5.41) is 3.17. The fourth-order valence-electron chi connectivity index (χ4n) is 1.62. The smallest absolute Gasteiger partial charge is 0.328 e. The lowest BCUT2D eigenvalue weighted by Gasteiger charge is -2.33. The van der Waals surface area contributed by atoms with E-state index in [-0.39, 0.29) is 18.1 Å². The van der Waals surface area contributed by atoms with Crippen LogP contribution in [0, 0.1) is 0 Å². The summed E-state index contributed by atoms with van der Waals surface area (Å²) in [4.78, 5) is 11.7. The van der Waals surface area contributed by atoms with E-state index >= 15 is 0 Å². The molecule has 0 aliphatic carbocycles. The topological polar surface area (TPSA) is 56.8 Å². The molecule has 0 aromatic heterocycles. The standard InChI is InChI=1S/C11H21NO4/c1-8(2)12-11(3,10(13)14-4)7-16-9-5-15-6-9/h8-9,12H,5-7H2,1-4H3. The average molecular weight is 231 g/mol. The highest BCUT2D eigenvalue weighted by molar-refractivity contribution is 5.80. The number of hydrogen-bond donors (Lipinski definition) is 1. The van der Waals surface area contributed by atoms with Gasteiger partial charge in [-0.25, -0.2) is 4.79 Å². The molecule has 0 saturated carbocycles. The molecule has 0 aromatic carbocycles. The summed E-state index contributed by atoms with van der Waals surface area (Å²) in [7, 11) is 1.38. The Morgan fingerprint density at radius 1 is 1.56 bits per heavy atom. The zero-order valence-electron chi connectivity index (χ0n) is 10.4. The van der Waals surface area contributed by atoms with Gasteiger partial charge in [0.05, 0.1) is 26.9 Å². The van der Waals surface area contributed by atoms with Crippen molar-refractivity contribution in [3.8, 4) is 0 Å². The number of carbonyl (C=O) groups is 1. The molecule has 16 heavy (non-hydrogen) atoms. The highest BCUT2D eigenvalue weighted by Gasteiger charge is 2.36. The molecule has 1 aliphatic heterocycles. The van der Waals surface area contributed by atoms with Gasteiger partial charge in [0.1, 0.15) is 11.6 Å². The van der Waals surface area contributed by atoms with Crippen molar-refractivity contribution in [2.24, 2.45) is 0 Å². The molecule has 1 rings (SSSR count). The Hall–Kier alpha value is -0.650. The minimum atomic E-state index is -0.793. The van der Waals surface area contributed by atoms with Gasteiger partial charge in [-0.05, 0) is 20.8 Å². The van der Waals surface area contributed by atoms with Gasteiger partial charge in [-0.2, -0.15) is 0 Å². The van der Waals surface area contributed by atoms with Crippen molar-refractivity contribution in [3.05, 3.63) is 0 Å². The number of carbonyl (C=O) groups excluding carboxylic acids is 1. The van der Waals surface area contributed by atoms with Gasteiger partial charge < -0.3 is 14.2 Å². The molecule has 1 aliphatic rings. The maximum absolute atomic E-state index is 11.7. The van der Waals surface area contributed by atoms with Gasteiger partial charge in [-0.15, -0.1) is 0 Å². The minimum Gasteiger partial charge on any atom is -0.468 e. The van der Waals surface area contributed by atoms with Crippen LogP contribution in [0.4, 0.5) is 0 Å². The molecule has 94 valence electrons. The third kappa shape index (κ3) is 3.43. The van der Waals surface area contributed by atoms with Gasteiger partial charge >= 0.3 is 5.97 Å². The Morgan fingerprint density at radius 2 is 2.19 bits per heavy atom. The molecular formula is C11H21NO4. The van der Waals surface area contributed by atoms with Crippen molar-refractivity contribution in [1.29, 1.82) is 0 Å². The van der Waals surface area contributed by atoms with Crippen LogP contribution in [0.2, 0.25) is 0 Å². The molecule has 0 amide bonds. The molecular weight excluding hydrogens is 210 g/mol. The fraction of sp³-hybridized carbons (Fsp3) is 0.909. The van der Waals surface area contributed by atoms with Crippen molar-refractivity contribution in [1.82, 2.24) is 5.32 Å². The highest BCUT2D eigenvalue weighted by Crippen LogP contribution is 2.13. The van der Waals surface area contributed by atoms with Gasteiger partial charge in [0, 0.05) is 6.04 Å². The molecule has 0 bridgehead atoms. The fourth-order valence-corrected chi connectivity index (χ4v) is 1.62. The first-order valence-electron chi connectivity index (χ1n) is 5.53. The molecule has 5 heteroatoms. The largest absolute Gasteiger partial charge is 0.468 e. The number of hydrogen-bond acceptors (Lipinski definition) is 5. The predicted octanol–water partition coefficient (Wildman–Crippen LogP) is 0.331. The van der Waals surface area contributed by atoms with Gasteiger partial charge in [0.25, 0.3) is 0 Å². The summed E-state index contributed by atoms with van der Waals surface area (Å²) < 4.78 is 15.4. The number of ether oxygens (including phenoxy) is 3. The van der Waals surface area contributed by atoms with Crippen LogP contribution < -0.4 is 5.32 Å². The van der Waals surface area contributed by atoms with Crippen LogP contribution >= 0.6 is 0 Å². The van der Waals surface area contributed by atoms with Gasteiger partial charge in [0.2, 0.25) is 0 Å². The Balaban J connectivity index is 2.50. The van der Waals surface area contributed by atoms with Crippen LogP contribution in [-0.2, 0) is 19.0 Å². The van der Waals surface area contributed by atoms with Crippen molar-refractivity contribution >= 4 is 5.97 Å². The summed E-state index contributed by atoms with van der Waals surface area (Å²) in [6, 6.07) is 0.186. The van der Waals surface area contributed by atoms with E-state index in [0.29, 0.717) is 19.8 Å². The second-order valence-corrected chi connectivity index (χ2v) is 4.59. The van der Waals surface area contributed by atoms with Crippen molar-refractivity contribution in [2.45, 2.75) is 38.5 Å². The van der Waals surface area contributed by atoms with Gasteiger partial charge in [0.15, 0.2) is 0 Å². The van der Waals surface area contributed by atoms with E-state index in [9.17, 15) is 4.79 Å². The summed E-state index contributed by atoms with van der Waals surface area (Å²) in [6.07, 6.45) is 0.109. The monoisotopic (exact) mass is 231 g/mol. The third-order valence-electron chi connectivity index (χ3n) is 2.46. The third-order valence-corrected chi connectivity index (χ3v) is 2.46. The van der Waals surface area contributed by atoms with E-state index in [1.165, 1.54) is 7.11 Å². The first-order valence-corrected chi connectivity index (χ1v) is 5.53. The summed E-state index contributed by atoms with van der Waals surface area (Å²) >= 11 is 0. The average Bonchev–Trinajstić information content (AvgIpc) is 2.12. The Labute approximate surface area is 96.4 Å². The lowest BCUT2D eigenvalue weighted by atomic mass is 10.0. The maximum Gasteiger partial charge on any atom is 0.328 e. The lowest BCUT2D eigenvalue weighted by molar-refractivity contribution is -0.163. The van der Waals surface area contributed by atoms with E-state index in [1.54, 1.807) is 6.92 Å². The molecule has 1 unspecified atom stereocenters. The van der Waals surface area contributed by atoms with Crippen molar-refractivity contribution in [3.63, 3.8) is 0 Å². The highest BCUT2D eigenvalue weighted by atomic mass is 16.6. The van der Waals surface area contributed by atoms with E-state index in [0.717, 1.165) is 0 Å². The van der Waals surface area contributed by atoms with Crippen molar-refractivity contribution in [2.75, 3.05) is 26.9 Å². The maximum atomic E-state index is 11.7. The second kappa shape index (κ2) is 5.61. The normalized spacial score (nSPS) is 20.3. The lowest BCUT2D eigenvalue weighted by Crippen LogP contribution is -2.57. The van der Waals surface area contributed by atoms with Crippen LogP contribution in [-0.4, -0.2) is 50.6 Å². The van der Waals surface area contributed by atoms with E-state index < -0.39 is 5.54 Å². The SMILES string of the molecule is COC(=O)C(C)(COC1COC1)NC(C)C. The quantitative estimate of drug-likeness (QED) is 0.668. The molecule has 1 atom stereocenters. The van der Waals surface area contributed by atoms with Crippen LogP contribution in [0.25, 0.3) is 0 Å². The van der Waals surface area contributed by atoms with E-state index in [4.69, 9.17) is 14.2 Å². The Morgan fingerprint density at radius 3 is 2.56 bits per heavy atom. The summed E-state index contributed by atoms with van der Waals surface area (Å²) in [6.45, 7) is 7.27. The van der Waals surface area contributed by atoms with E-state index in [2.05, 4.69) is 5.32 Å².